The molecule has 10 nitrogen and oxygen atoms in total. The third-order valence-corrected chi connectivity index (χ3v) is 4.88. The monoisotopic (exact) mass is 509 g/mol. The normalized spacial score (nSPS) is 13.5. The quantitative estimate of drug-likeness (QED) is 0.307. The van der Waals surface area contributed by atoms with E-state index < -0.39 is 42.1 Å². The van der Waals surface area contributed by atoms with Crippen molar-refractivity contribution in [1.82, 2.24) is 0 Å². The van der Waals surface area contributed by atoms with E-state index in [2.05, 4.69) is 0 Å². The molecule has 0 fully saturated rings. The highest BCUT2D eigenvalue weighted by molar-refractivity contribution is 5.78. The van der Waals surface area contributed by atoms with Gasteiger partial charge in [-0.1, -0.05) is 47.1 Å². The van der Waals surface area contributed by atoms with Crippen LogP contribution in [0.15, 0.2) is 18.2 Å². The molecule has 0 aliphatic carbocycles. The lowest BCUT2D eigenvalue weighted by atomic mass is 10.1. The summed E-state index contributed by atoms with van der Waals surface area (Å²) in [4.78, 5) is 48.3. The zero-order chi connectivity index (χ0) is 27.4. The van der Waals surface area contributed by atoms with E-state index in [0.717, 1.165) is 6.42 Å². The SMILES string of the molecule is CCCC(C)OC(=O)OC[C@H](C)OC(=O)[C@@H](N)Cc1ccc(OC(=O)C(C)C)c(OC(=O)C(C)C)c1. The first-order chi connectivity index (χ1) is 16.8. The zero-order valence-corrected chi connectivity index (χ0v) is 22.2. The number of carbonyl (C=O) groups is 4. The largest absolute Gasteiger partial charge is 0.508 e. The van der Waals surface area contributed by atoms with Crippen molar-refractivity contribution >= 4 is 24.1 Å². The first kappa shape index (κ1) is 30.9. The second kappa shape index (κ2) is 15.1. The van der Waals surface area contributed by atoms with Crippen LogP contribution in [0, 0.1) is 11.8 Å². The Hall–Kier alpha value is -3.14. The summed E-state index contributed by atoms with van der Waals surface area (Å²) in [6, 6.07) is 3.55. The second-order valence-electron chi connectivity index (χ2n) is 9.27. The summed E-state index contributed by atoms with van der Waals surface area (Å²) >= 11 is 0. The minimum absolute atomic E-state index is 0.0540. The van der Waals surface area contributed by atoms with Crippen LogP contribution in [0.5, 0.6) is 11.5 Å². The maximum absolute atomic E-state index is 12.4. The molecule has 0 amide bonds. The molecule has 0 saturated carbocycles. The number of esters is 3. The van der Waals surface area contributed by atoms with Crippen LogP contribution in [0.25, 0.3) is 0 Å². The average molecular weight is 510 g/mol. The van der Waals surface area contributed by atoms with Crippen molar-refractivity contribution in [2.45, 2.75) is 86.0 Å². The minimum atomic E-state index is -1.04. The van der Waals surface area contributed by atoms with E-state index in [1.165, 1.54) is 12.1 Å². The van der Waals surface area contributed by atoms with Gasteiger partial charge in [-0.05, 0) is 44.4 Å². The molecule has 0 aliphatic rings. The van der Waals surface area contributed by atoms with Gasteiger partial charge in [0.15, 0.2) is 11.5 Å². The third-order valence-electron chi connectivity index (χ3n) is 4.88. The lowest BCUT2D eigenvalue weighted by Gasteiger charge is -2.18. The minimum Gasteiger partial charge on any atom is -0.458 e. The Morgan fingerprint density at radius 2 is 1.39 bits per heavy atom. The predicted octanol–water partition coefficient (Wildman–Crippen LogP) is 3.95. The highest BCUT2D eigenvalue weighted by atomic mass is 16.7. The Labute approximate surface area is 212 Å². The molecule has 1 unspecified atom stereocenters. The van der Waals surface area contributed by atoms with E-state index in [4.69, 9.17) is 29.4 Å². The van der Waals surface area contributed by atoms with E-state index in [1.54, 1.807) is 47.6 Å². The summed E-state index contributed by atoms with van der Waals surface area (Å²) in [6.45, 7) is 11.8. The molecule has 0 saturated heterocycles. The third kappa shape index (κ3) is 11.1. The topological polar surface area (TPSA) is 140 Å². The van der Waals surface area contributed by atoms with Gasteiger partial charge in [-0.15, -0.1) is 0 Å². The molecule has 0 radical (unpaired) electrons. The summed E-state index contributed by atoms with van der Waals surface area (Å²) in [6.07, 6.45) is -0.184. The maximum atomic E-state index is 12.4. The van der Waals surface area contributed by atoms with E-state index in [0.29, 0.717) is 12.0 Å². The van der Waals surface area contributed by atoms with Crippen molar-refractivity contribution in [3.05, 3.63) is 23.8 Å². The van der Waals surface area contributed by atoms with Gasteiger partial charge >= 0.3 is 24.1 Å². The molecule has 10 heteroatoms. The highest BCUT2D eigenvalue weighted by Gasteiger charge is 2.23. The molecule has 0 heterocycles. The van der Waals surface area contributed by atoms with Crippen molar-refractivity contribution < 1.29 is 42.9 Å². The lowest BCUT2D eigenvalue weighted by molar-refractivity contribution is -0.152. The van der Waals surface area contributed by atoms with Gasteiger partial charge in [-0.2, -0.15) is 0 Å². The highest BCUT2D eigenvalue weighted by Crippen LogP contribution is 2.30. The van der Waals surface area contributed by atoms with Gasteiger partial charge in [-0.25, -0.2) is 4.79 Å². The van der Waals surface area contributed by atoms with Crippen LogP contribution < -0.4 is 15.2 Å². The van der Waals surface area contributed by atoms with Crippen molar-refractivity contribution in [3.8, 4) is 11.5 Å². The first-order valence-electron chi connectivity index (χ1n) is 12.2. The van der Waals surface area contributed by atoms with Gasteiger partial charge in [0.25, 0.3) is 0 Å². The molecule has 36 heavy (non-hydrogen) atoms. The number of ether oxygens (including phenoxy) is 5. The Bertz CT molecular complexity index is 897. The van der Waals surface area contributed by atoms with Crippen LogP contribution in [-0.4, -0.2) is 48.9 Å². The molecule has 202 valence electrons. The second-order valence-corrected chi connectivity index (χ2v) is 9.27. The van der Waals surface area contributed by atoms with Gasteiger partial charge in [-0.3, -0.25) is 14.4 Å². The van der Waals surface area contributed by atoms with Gasteiger partial charge in [0.05, 0.1) is 11.8 Å². The summed E-state index contributed by atoms with van der Waals surface area (Å²) in [5.41, 5.74) is 6.57. The van der Waals surface area contributed by atoms with Crippen LogP contribution in [0.4, 0.5) is 4.79 Å². The summed E-state index contributed by atoms with van der Waals surface area (Å²) in [5.74, 6) is -2.33. The fourth-order valence-corrected chi connectivity index (χ4v) is 2.80. The van der Waals surface area contributed by atoms with Crippen LogP contribution in [0.2, 0.25) is 0 Å². The fourth-order valence-electron chi connectivity index (χ4n) is 2.80. The molecule has 2 N–H and O–H groups in total. The van der Waals surface area contributed by atoms with Gasteiger partial charge in [0.2, 0.25) is 0 Å². The Balaban J connectivity index is 2.77. The van der Waals surface area contributed by atoms with E-state index >= 15 is 0 Å². The number of hydrogen-bond acceptors (Lipinski definition) is 10. The van der Waals surface area contributed by atoms with Crippen molar-refractivity contribution in [1.29, 1.82) is 0 Å². The molecule has 3 atom stereocenters. The van der Waals surface area contributed by atoms with Crippen molar-refractivity contribution in [2.75, 3.05) is 6.61 Å². The Kier molecular flexibility index (Phi) is 12.9. The van der Waals surface area contributed by atoms with E-state index in [1.807, 2.05) is 6.92 Å². The molecule has 1 aromatic rings. The van der Waals surface area contributed by atoms with Gasteiger partial charge < -0.3 is 29.4 Å². The number of hydrogen-bond donors (Lipinski definition) is 1. The molecule has 0 spiro atoms. The molecule has 1 aromatic carbocycles. The number of rotatable bonds is 13. The summed E-state index contributed by atoms with van der Waals surface area (Å²) in [5, 5.41) is 0. The number of carbonyl (C=O) groups excluding carboxylic acids is 4. The molecule has 0 bridgehead atoms. The van der Waals surface area contributed by atoms with E-state index in [-0.39, 0.29) is 36.5 Å². The lowest BCUT2D eigenvalue weighted by Crippen LogP contribution is -2.37. The van der Waals surface area contributed by atoms with Gasteiger partial charge in [0, 0.05) is 0 Å². The fraction of sp³-hybridized carbons (Fsp3) is 0.615. The average Bonchev–Trinajstić information content (AvgIpc) is 2.79. The molecule has 0 aliphatic heterocycles. The molecular weight excluding hydrogens is 470 g/mol. The predicted molar refractivity (Wildman–Crippen MR) is 131 cm³/mol. The van der Waals surface area contributed by atoms with Crippen molar-refractivity contribution in [3.63, 3.8) is 0 Å². The zero-order valence-electron chi connectivity index (χ0n) is 22.2. The van der Waals surface area contributed by atoms with Crippen molar-refractivity contribution in [2.24, 2.45) is 17.6 Å². The van der Waals surface area contributed by atoms with Gasteiger partial charge in [0.1, 0.15) is 24.9 Å². The van der Waals surface area contributed by atoms with Crippen LogP contribution >= 0.6 is 0 Å². The van der Waals surface area contributed by atoms with Crippen LogP contribution in [0.1, 0.15) is 66.9 Å². The van der Waals surface area contributed by atoms with E-state index in [9.17, 15) is 19.2 Å². The first-order valence-corrected chi connectivity index (χ1v) is 12.2. The number of benzene rings is 1. The smallest absolute Gasteiger partial charge is 0.458 e. The molecule has 0 aromatic heterocycles. The van der Waals surface area contributed by atoms with Crippen LogP contribution in [0.3, 0.4) is 0 Å². The Morgan fingerprint density at radius 1 is 0.806 bits per heavy atom. The Morgan fingerprint density at radius 3 is 1.94 bits per heavy atom. The summed E-state index contributed by atoms with van der Waals surface area (Å²) in [7, 11) is 0. The molecular formula is C26H39NO9. The van der Waals surface area contributed by atoms with Crippen LogP contribution in [-0.2, 0) is 35.0 Å². The standard InChI is InChI=1S/C26H39NO9/c1-8-9-17(6)34-26(31)32-14-18(7)33-25(30)20(27)12-19-10-11-21(35-23(28)15(2)3)22(13-19)36-24(29)16(4)5/h10-11,13,15-18,20H,8-9,12,14,27H2,1-7H3/t17?,18-,20-/m0/s1. The maximum Gasteiger partial charge on any atom is 0.508 e. The summed E-state index contributed by atoms with van der Waals surface area (Å²) < 4.78 is 26.1. The molecule has 1 rings (SSSR count). The number of nitrogens with two attached hydrogens (primary N) is 1.